The molecule has 0 saturated carbocycles. The molecule has 2 aromatic rings. The van der Waals surface area contributed by atoms with Crippen LogP contribution >= 0.6 is 15.9 Å². The maximum atomic E-state index is 13.5. The third-order valence-electron chi connectivity index (χ3n) is 3.23. The lowest BCUT2D eigenvalue weighted by molar-refractivity contribution is 0.146. The summed E-state index contributed by atoms with van der Waals surface area (Å²) in [6, 6.07) is 10.2. The zero-order chi connectivity index (χ0) is 14.7. The van der Waals surface area contributed by atoms with Gasteiger partial charge in [-0.3, -0.25) is 0 Å². The lowest BCUT2D eigenvalue weighted by Gasteiger charge is -2.23. The minimum absolute atomic E-state index is 0.162. The van der Waals surface area contributed by atoms with Crippen LogP contribution in [0, 0.1) is 11.6 Å². The summed E-state index contributed by atoms with van der Waals surface area (Å²) in [5, 5.41) is 10.4. The summed E-state index contributed by atoms with van der Waals surface area (Å²) in [6.07, 6.45) is -0.976. The predicted molar refractivity (Wildman–Crippen MR) is 77.3 cm³/mol. The first kappa shape index (κ1) is 15.1. The molecule has 0 aromatic heterocycles. The molecule has 2 aromatic carbocycles. The van der Waals surface area contributed by atoms with Crippen molar-refractivity contribution in [1.82, 2.24) is 0 Å². The average molecular weight is 342 g/mol. The Labute approximate surface area is 124 Å². The first-order valence-electron chi connectivity index (χ1n) is 6.12. The van der Waals surface area contributed by atoms with Crippen molar-refractivity contribution in [3.8, 4) is 0 Å². The summed E-state index contributed by atoms with van der Waals surface area (Å²) >= 11 is 3.13. The molecule has 0 heterocycles. The number of halogens is 3. The highest BCUT2D eigenvalue weighted by Crippen LogP contribution is 2.35. The Morgan fingerprint density at radius 1 is 1.10 bits per heavy atom. The minimum atomic E-state index is -0.976. The number of benzene rings is 2. The van der Waals surface area contributed by atoms with Gasteiger partial charge in [0.1, 0.15) is 11.6 Å². The predicted octanol–water partition coefficient (Wildman–Crippen LogP) is 3.50. The summed E-state index contributed by atoms with van der Waals surface area (Å²) in [7, 11) is 0. The Kier molecular flexibility index (Phi) is 4.86. The van der Waals surface area contributed by atoms with Gasteiger partial charge >= 0.3 is 0 Å². The fraction of sp³-hybridized carbons (Fsp3) is 0.200. The third kappa shape index (κ3) is 3.06. The van der Waals surface area contributed by atoms with E-state index in [1.165, 1.54) is 24.3 Å². The van der Waals surface area contributed by atoms with Gasteiger partial charge < -0.3 is 10.8 Å². The van der Waals surface area contributed by atoms with E-state index in [0.29, 0.717) is 11.1 Å². The number of hydrogen-bond donors (Lipinski definition) is 2. The second-order valence-electron chi connectivity index (χ2n) is 4.48. The van der Waals surface area contributed by atoms with Crippen LogP contribution in [0.3, 0.4) is 0 Å². The maximum absolute atomic E-state index is 13.5. The van der Waals surface area contributed by atoms with E-state index in [9.17, 15) is 13.9 Å². The molecule has 0 spiro atoms. The monoisotopic (exact) mass is 341 g/mol. The Morgan fingerprint density at radius 2 is 1.75 bits per heavy atom. The van der Waals surface area contributed by atoms with Gasteiger partial charge in [0.15, 0.2) is 0 Å². The van der Waals surface area contributed by atoms with Crippen molar-refractivity contribution in [3.63, 3.8) is 0 Å². The van der Waals surface area contributed by atoms with E-state index < -0.39 is 17.8 Å². The SMILES string of the molecule is NCC(c1ccc(F)cc1)C(O)c1cccc(F)c1Br. The van der Waals surface area contributed by atoms with E-state index in [2.05, 4.69) is 15.9 Å². The molecular weight excluding hydrogens is 328 g/mol. The van der Waals surface area contributed by atoms with Crippen molar-refractivity contribution in [2.75, 3.05) is 6.54 Å². The highest BCUT2D eigenvalue weighted by Gasteiger charge is 2.24. The number of aliphatic hydroxyl groups excluding tert-OH is 1. The van der Waals surface area contributed by atoms with Crippen LogP contribution in [0.4, 0.5) is 8.78 Å². The minimum Gasteiger partial charge on any atom is -0.388 e. The van der Waals surface area contributed by atoms with E-state index in [1.807, 2.05) is 0 Å². The van der Waals surface area contributed by atoms with Crippen molar-refractivity contribution in [3.05, 3.63) is 69.7 Å². The Bertz CT molecular complexity index is 589. The second kappa shape index (κ2) is 6.43. The van der Waals surface area contributed by atoms with E-state index in [-0.39, 0.29) is 16.8 Å². The zero-order valence-electron chi connectivity index (χ0n) is 10.6. The number of nitrogens with two attached hydrogens (primary N) is 1. The van der Waals surface area contributed by atoms with Gasteiger partial charge in [0.25, 0.3) is 0 Å². The molecule has 2 unspecified atom stereocenters. The molecule has 0 saturated heterocycles. The number of rotatable bonds is 4. The molecule has 0 bridgehead atoms. The van der Waals surface area contributed by atoms with E-state index >= 15 is 0 Å². The summed E-state index contributed by atoms with van der Waals surface area (Å²) in [5.74, 6) is -1.24. The lowest BCUT2D eigenvalue weighted by Crippen LogP contribution is -2.20. The van der Waals surface area contributed by atoms with Gasteiger partial charge in [-0.2, -0.15) is 0 Å². The first-order valence-corrected chi connectivity index (χ1v) is 6.91. The van der Waals surface area contributed by atoms with Crippen molar-refractivity contribution < 1.29 is 13.9 Å². The van der Waals surface area contributed by atoms with Gasteiger partial charge in [0.05, 0.1) is 10.6 Å². The molecule has 2 rings (SSSR count). The van der Waals surface area contributed by atoms with Crippen LogP contribution in [0.25, 0.3) is 0 Å². The summed E-state index contributed by atoms with van der Waals surface area (Å²) in [6.45, 7) is 0.162. The van der Waals surface area contributed by atoms with Crippen LogP contribution in [0.5, 0.6) is 0 Å². The summed E-state index contributed by atoms with van der Waals surface area (Å²) in [4.78, 5) is 0. The fourth-order valence-electron chi connectivity index (χ4n) is 2.12. The van der Waals surface area contributed by atoms with Gasteiger partial charge in [-0.15, -0.1) is 0 Å². The first-order chi connectivity index (χ1) is 9.54. The standard InChI is InChI=1S/C15H14BrF2NO/c16-14-11(2-1-3-13(14)18)15(20)12(8-19)9-4-6-10(17)7-5-9/h1-7,12,15,20H,8,19H2. The highest BCUT2D eigenvalue weighted by molar-refractivity contribution is 9.10. The molecule has 0 aliphatic rings. The second-order valence-corrected chi connectivity index (χ2v) is 5.27. The Hall–Kier alpha value is -1.30. The molecular formula is C15H14BrF2NO. The van der Waals surface area contributed by atoms with Gasteiger partial charge in [0, 0.05) is 12.5 Å². The molecule has 106 valence electrons. The van der Waals surface area contributed by atoms with Crippen molar-refractivity contribution in [2.45, 2.75) is 12.0 Å². The average Bonchev–Trinajstić information content (AvgIpc) is 2.44. The van der Waals surface area contributed by atoms with Gasteiger partial charge in [-0.1, -0.05) is 24.3 Å². The number of hydrogen-bond acceptors (Lipinski definition) is 2. The third-order valence-corrected chi connectivity index (χ3v) is 4.07. The van der Waals surface area contributed by atoms with Gasteiger partial charge in [-0.25, -0.2) is 8.78 Å². The zero-order valence-corrected chi connectivity index (χ0v) is 12.1. The molecule has 0 radical (unpaired) electrons. The van der Waals surface area contributed by atoms with Crippen LogP contribution in [-0.2, 0) is 0 Å². The van der Waals surface area contributed by atoms with Crippen molar-refractivity contribution >= 4 is 15.9 Å². The molecule has 2 nitrogen and oxygen atoms in total. The molecule has 0 aliphatic heterocycles. The summed E-state index contributed by atoms with van der Waals surface area (Å²) in [5.41, 5.74) is 6.83. The normalized spacial score (nSPS) is 14.1. The maximum Gasteiger partial charge on any atom is 0.137 e. The molecule has 5 heteroatoms. The molecule has 3 N–H and O–H groups in total. The molecule has 2 atom stereocenters. The summed E-state index contributed by atoms with van der Waals surface area (Å²) < 4.78 is 26.7. The van der Waals surface area contributed by atoms with Crippen LogP contribution in [0.15, 0.2) is 46.9 Å². The quantitative estimate of drug-likeness (QED) is 0.893. The molecule has 0 aliphatic carbocycles. The van der Waals surface area contributed by atoms with E-state index in [1.54, 1.807) is 18.2 Å². The van der Waals surface area contributed by atoms with Gasteiger partial charge in [-0.05, 0) is 45.3 Å². The van der Waals surface area contributed by atoms with E-state index in [0.717, 1.165) is 0 Å². The Morgan fingerprint density at radius 3 is 2.35 bits per heavy atom. The van der Waals surface area contributed by atoms with Crippen LogP contribution in [0.2, 0.25) is 0 Å². The highest BCUT2D eigenvalue weighted by atomic mass is 79.9. The molecule has 20 heavy (non-hydrogen) atoms. The Balaban J connectivity index is 2.36. The van der Waals surface area contributed by atoms with Crippen molar-refractivity contribution in [2.24, 2.45) is 5.73 Å². The lowest BCUT2D eigenvalue weighted by atomic mass is 9.89. The molecule has 0 fully saturated rings. The van der Waals surface area contributed by atoms with Crippen molar-refractivity contribution in [1.29, 1.82) is 0 Å². The van der Waals surface area contributed by atoms with E-state index in [4.69, 9.17) is 5.73 Å². The number of aliphatic hydroxyl groups is 1. The smallest absolute Gasteiger partial charge is 0.137 e. The fourth-order valence-corrected chi connectivity index (χ4v) is 2.62. The largest absolute Gasteiger partial charge is 0.388 e. The van der Waals surface area contributed by atoms with Gasteiger partial charge in [0.2, 0.25) is 0 Å². The van der Waals surface area contributed by atoms with Crippen LogP contribution in [-0.4, -0.2) is 11.7 Å². The van der Waals surface area contributed by atoms with Crippen LogP contribution in [0.1, 0.15) is 23.1 Å². The molecule has 0 amide bonds. The topological polar surface area (TPSA) is 46.2 Å². The van der Waals surface area contributed by atoms with Crippen LogP contribution < -0.4 is 5.73 Å².